The summed E-state index contributed by atoms with van der Waals surface area (Å²) in [7, 11) is -3.57. The normalized spacial score (nSPS) is 22.6. The van der Waals surface area contributed by atoms with Crippen molar-refractivity contribution in [3.05, 3.63) is 35.9 Å². The van der Waals surface area contributed by atoms with Crippen LogP contribution in [0.15, 0.2) is 30.3 Å². The van der Waals surface area contributed by atoms with Gasteiger partial charge in [0.05, 0.1) is 10.8 Å². The summed E-state index contributed by atoms with van der Waals surface area (Å²) >= 11 is 0. The van der Waals surface area contributed by atoms with Crippen LogP contribution >= 0.6 is 0 Å². The molecule has 1 aliphatic rings. The van der Waals surface area contributed by atoms with Gasteiger partial charge in [-0.3, -0.25) is 4.79 Å². The van der Waals surface area contributed by atoms with Crippen LogP contribution in [0.2, 0.25) is 0 Å². The molecule has 0 bridgehead atoms. The first-order valence-corrected chi connectivity index (χ1v) is 11.7. The molecule has 0 saturated carbocycles. The second kappa shape index (κ2) is 9.40. The SMILES string of the molecule is CC(C)[C@H]1CCCC(=O)O[C@@H]1[C@@H](CCc1ccccc1)NS(=O)(=O)C(C)(C)C. The summed E-state index contributed by atoms with van der Waals surface area (Å²) < 4.78 is 33.6. The summed E-state index contributed by atoms with van der Waals surface area (Å²) in [6, 6.07) is 9.55. The predicted octanol–water partition coefficient (Wildman–Crippen LogP) is 4.07. The molecule has 0 amide bonds. The summed E-state index contributed by atoms with van der Waals surface area (Å²) in [6.45, 7) is 9.28. The van der Waals surface area contributed by atoms with Crippen LogP contribution in [0.1, 0.15) is 65.9 Å². The Labute approximate surface area is 170 Å². The lowest BCUT2D eigenvalue weighted by Gasteiger charge is -2.36. The van der Waals surface area contributed by atoms with Gasteiger partial charge < -0.3 is 4.74 Å². The zero-order chi connectivity index (χ0) is 20.9. The molecule has 1 aliphatic heterocycles. The molecule has 1 fully saturated rings. The third kappa shape index (κ3) is 6.05. The van der Waals surface area contributed by atoms with Crippen LogP contribution in [-0.2, 0) is 26.0 Å². The first kappa shape index (κ1) is 22.9. The highest BCUT2D eigenvalue weighted by atomic mass is 32.2. The van der Waals surface area contributed by atoms with Crippen LogP contribution in [0, 0.1) is 11.8 Å². The van der Waals surface area contributed by atoms with E-state index in [4.69, 9.17) is 4.74 Å². The molecule has 0 aromatic heterocycles. The molecule has 1 heterocycles. The van der Waals surface area contributed by atoms with Gasteiger partial charge in [-0.2, -0.15) is 0 Å². The van der Waals surface area contributed by atoms with Crippen LogP contribution < -0.4 is 4.72 Å². The van der Waals surface area contributed by atoms with Crippen molar-refractivity contribution in [1.29, 1.82) is 0 Å². The fraction of sp³-hybridized carbons (Fsp3) is 0.682. The van der Waals surface area contributed by atoms with Crippen molar-refractivity contribution < 1.29 is 17.9 Å². The van der Waals surface area contributed by atoms with E-state index >= 15 is 0 Å². The van der Waals surface area contributed by atoms with Crippen LogP contribution in [0.25, 0.3) is 0 Å². The van der Waals surface area contributed by atoms with Crippen molar-refractivity contribution in [1.82, 2.24) is 4.72 Å². The van der Waals surface area contributed by atoms with Gasteiger partial charge in [0.1, 0.15) is 6.10 Å². The second-order valence-corrected chi connectivity index (χ2v) is 11.6. The molecule has 5 nitrogen and oxygen atoms in total. The molecule has 0 aliphatic carbocycles. The minimum absolute atomic E-state index is 0.134. The number of benzene rings is 1. The van der Waals surface area contributed by atoms with E-state index in [-0.39, 0.29) is 11.9 Å². The fourth-order valence-corrected chi connectivity index (χ4v) is 4.67. The topological polar surface area (TPSA) is 72.5 Å². The highest BCUT2D eigenvalue weighted by Crippen LogP contribution is 2.32. The number of rotatable bonds is 7. The zero-order valence-corrected chi connectivity index (χ0v) is 18.6. The van der Waals surface area contributed by atoms with Gasteiger partial charge in [0.15, 0.2) is 0 Å². The van der Waals surface area contributed by atoms with Gasteiger partial charge in [-0.15, -0.1) is 0 Å². The van der Waals surface area contributed by atoms with Crippen molar-refractivity contribution in [2.24, 2.45) is 11.8 Å². The lowest BCUT2D eigenvalue weighted by Crippen LogP contribution is -2.53. The maximum absolute atomic E-state index is 12.9. The van der Waals surface area contributed by atoms with Crippen LogP contribution in [0.3, 0.4) is 0 Å². The Morgan fingerprint density at radius 3 is 2.39 bits per heavy atom. The molecule has 3 atom stereocenters. The van der Waals surface area contributed by atoms with E-state index in [1.807, 2.05) is 30.3 Å². The smallest absolute Gasteiger partial charge is 0.306 e. The Morgan fingerprint density at radius 2 is 1.82 bits per heavy atom. The van der Waals surface area contributed by atoms with Gasteiger partial charge in [-0.25, -0.2) is 13.1 Å². The van der Waals surface area contributed by atoms with Crippen molar-refractivity contribution in [3.8, 4) is 0 Å². The summed E-state index contributed by atoms with van der Waals surface area (Å²) in [4.78, 5) is 12.2. The van der Waals surface area contributed by atoms with Crippen LogP contribution in [0.4, 0.5) is 0 Å². The average Bonchev–Trinajstić information content (AvgIpc) is 2.80. The Hall–Kier alpha value is -1.40. The molecular formula is C22H35NO4S. The second-order valence-electron chi connectivity index (χ2n) is 9.12. The number of aryl methyl sites for hydroxylation is 1. The monoisotopic (exact) mass is 409 g/mol. The molecule has 0 spiro atoms. The minimum Gasteiger partial charge on any atom is -0.460 e. The number of carbonyl (C=O) groups is 1. The van der Waals surface area contributed by atoms with Gasteiger partial charge in [-0.05, 0) is 63.9 Å². The molecule has 0 radical (unpaired) electrons. The highest BCUT2D eigenvalue weighted by molar-refractivity contribution is 7.90. The van der Waals surface area contributed by atoms with Gasteiger partial charge in [0.2, 0.25) is 10.0 Å². The molecule has 0 unspecified atom stereocenters. The van der Waals surface area contributed by atoms with E-state index < -0.39 is 26.9 Å². The van der Waals surface area contributed by atoms with Crippen molar-refractivity contribution in [3.63, 3.8) is 0 Å². The Bertz CT molecular complexity index is 738. The number of sulfonamides is 1. The van der Waals surface area contributed by atoms with Gasteiger partial charge in [-0.1, -0.05) is 44.2 Å². The van der Waals surface area contributed by atoms with E-state index in [0.717, 1.165) is 24.8 Å². The molecule has 1 aromatic rings. The summed E-state index contributed by atoms with van der Waals surface area (Å²) in [6.07, 6.45) is 2.91. The standard InChI is InChI=1S/C22H35NO4S/c1-16(2)18-12-9-13-20(24)27-21(18)19(23-28(25,26)22(3,4)5)15-14-17-10-7-6-8-11-17/h6-8,10-11,16,18-19,21,23H,9,12-15H2,1-5H3/t18-,19-,21+/m1/s1. The van der Waals surface area contributed by atoms with Crippen molar-refractivity contribution in [2.45, 2.75) is 83.6 Å². The zero-order valence-electron chi connectivity index (χ0n) is 17.8. The lowest BCUT2D eigenvalue weighted by molar-refractivity contribution is -0.152. The van der Waals surface area contributed by atoms with E-state index in [9.17, 15) is 13.2 Å². The molecular weight excluding hydrogens is 374 g/mol. The van der Waals surface area contributed by atoms with E-state index in [1.54, 1.807) is 20.8 Å². The Balaban J connectivity index is 2.32. The molecule has 158 valence electrons. The van der Waals surface area contributed by atoms with E-state index in [2.05, 4.69) is 18.6 Å². The highest BCUT2D eigenvalue weighted by Gasteiger charge is 2.40. The maximum atomic E-state index is 12.9. The number of carbonyl (C=O) groups excluding carboxylic acids is 1. The Kier molecular flexibility index (Phi) is 7.68. The Morgan fingerprint density at radius 1 is 1.18 bits per heavy atom. The van der Waals surface area contributed by atoms with E-state index in [1.165, 1.54) is 0 Å². The van der Waals surface area contributed by atoms with Gasteiger partial charge in [0.25, 0.3) is 0 Å². The predicted molar refractivity (Wildman–Crippen MR) is 112 cm³/mol. The van der Waals surface area contributed by atoms with Crippen molar-refractivity contribution >= 4 is 16.0 Å². The number of cyclic esters (lactones) is 1. The van der Waals surface area contributed by atoms with Crippen LogP contribution in [0.5, 0.6) is 0 Å². The van der Waals surface area contributed by atoms with Gasteiger partial charge >= 0.3 is 5.97 Å². The largest absolute Gasteiger partial charge is 0.460 e. The first-order valence-electron chi connectivity index (χ1n) is 10.3. The van der Waals surface area contributed by atoms with Crippen LogP contribution in [-0.4, -0.2) is 31.3 Å². The molecule has 1 N–H and O–H groups in total. The minimum atomic E-state index is -3.57. The summed E-state index contributed by atoms with van der Waals surface area (Å²) in [5.41, 5.74) is 1.14. The molecule has 6 heteroatoms. The fourth-order valence-electron chi connectivity index (χ4n) is 3.67. The van der Waals surface area contributed by atoms with Gasteiger partial charge in [0, 0.05) is 6.42 Å². The molecule has 2 rings (SSSR count). The number of nitrogens with one attached hydrogen (secondary N) is 1. The third-order valence-electron chi connectivity index (χ3n) is 5.56. The van der Waals surface area contributed by atoms with Crippen molar-refractivity contribution in [2.75, 3.05) is 0 Å². The average molecular weight is 410 g/mol. The number of hydrogen-bond donors (Lipinski definition) is 1. The quantitative estimate of drug-likeness (QED) is 0.689. The third-order valence-corrected chi connectivity index (χ3v) is 7.79. The lowest BCUT2D eigenvalue weighted by atomic mass is 9.82. The maximum Gasteiger partial charge on any atom is 0.306 e. The molecule has 28 heavy (non-hydrogen) atoms. The molecule has 1 aromatic carbocycles. The first-order chi connectivity index (χ1) is 13.0. The number of ether oxygens (including phenoxy) is 1. The summed E-state index contributed by atoms with van der Waals surface area (Å²) in [5.74, 6) is 0.206. The number of hydrogen-bond acceptors (Lipinski definition) is 4. The number of esters is 1. The summed E-state index contributed by atoms with van der Waals surface area (Å²) in [5, 5.41) is 0. The van der Waals surface area contributed by atoms with E-state index in [0.29, 0.717) is 18.8 Å². The molecule has 1 saturated heterocycles.